The summed E-state index contributed by atoms with van der Waals surface area (Å²) in [5, 5.41) is 11.6. The van der Waals surface area contributed by atoms with Gasteiger partial charge in [-0.25, -0.2) is 0 Å². The number of anilines is 1. The first-order valence-electron chi connectivity index (χ1n) is 5.91. The van der Waals surface area contributed by atoms with Crippen molar-refractivity contribution in [2.24, 2.45) is 5.92 Å². The number of halogens is 1. The summed E-state index contributed by atoms with van der Waals surface area (Å²) < 4.78 is 10.3. The predicted molar refractivity (Wildman–Crippen MR) is 74.3 cm³/mol. The Hall–Kier alpha value is -1.79. The van der Waals surface area contributed by atoms with Gasteiger partial charge >= 0.3 is 5.97 Å². The normalized spacial score (nSPS) is 11.8. The van der Waals surface area contributed by atoms with Crippen LogP contribution in [0.2, 0.25) is 5.02 Å². The van der Waals surface area contributed by atoms with Crippen molar-refractivity contribution in [1.29, 1.82) is 0 Å². The first-order valence-corrected chi connectivity index (χ1v) is 6.29. The van der Waals surface area contributed by atoms with Gasteiger partial charge in [-0.15, -0.1) is 0 Å². The summed E-state index contributed by atoms with van der Waals surface area (Å²) >= 11 is 6.00. The lowest BCUT2D eigenvalue weighted by molar-refractivity contribution is -0.144. The van der Waals surface area contributed by atoms with E-state index in [0.29, 0.717) is 17.3 Å². The summed E-state index contributed by atoms with van der Waals surface area (Å²) in [6.07, 6.45) is 0. The number of hydrogen-bond donors (Lipinski definition) is 2. The van der Waals surface area contributed by atoms with Crippen molar-refractivity contribution in [2.75, 3.05) is 25.6 Å². The highest BCUT2D eigenvalue weighted by Gasteiger charge is 2.22. The number of aliphatic carboxylic acids is 1. The molecule has 0 bridgehead atoms. The minimum atomic E-state index is -1.20. The first-order chi connectivity index (χ1) is 9.47. The van der Waals surface area contributed by atoms with Crippen molar-refractivity contribution in [2.45, 2.75) is 6.92 Å². The van der Waals surface area contributed by atoms with E-state index in [1.807, 2.05) is 0 Å². The lowest BCUT2D eigenvalue weighted by atomic mass is 10.1. The van der Waals surface area contributed by atoms with Crippen LogP contribution in [0.3, 0.4) is 0 Å². The minimum absolute atomic E-state index is 0.261. The van der Waals surface area contributed by atoms with E-state index in [4.69, 9.17) is 26.2 Å². The third-order valence-corrected chi connectivity index (χ3v) is 2.82. The average molecular weight is 302 g/mol. The third kappa shape index (κ3) is 4.40. The summed E-state index contributed by atoms with van der Waals surface area (Å²) in [5.41, 5.74) is 0.326. The molecule has 0 spiro atoms. The molecule has 1 unspecified atom stereocenters. The molecule has 1 rings (SSSR count). The number of rotatable bonds is 7. The second-order valence-corrected chi connectivity index (χ2v) is 4.41. The number of hydrogen-bond acceptors (Lipinski definition) is 4. The number of carboxylic acids is 1. The highest BCUT2D eigenvalue weighted by molar-refractivity contribution is 6.32. The summed E-state index contributed by atoms with van der Waals surface area (Å²) in [6, 6.07) is 4.83. The molecule has 1 atom stereocenters. The van der Waals surface area contributed by atoms with Crippen molar-refractivity contribution in [3.8, 4) is 5.75 Å². The molecule has 1 aromatic rings. The Bertz CT molecular complexity index is 492. The van der Waals surface area contributed by atoms with Gasteiger partial charge in [-0.3, -0.25) is 9.59 Å². The summed E-state index contributed by atoms with van der Waals surface area (Å²) in [4.78, 5) is 22.5. The Kier molecular flexibility index (Phi) is 6.27. The van der Waals surface area contributed by atoms with Gasteiger partial charge < -0.3 is 19.9 Å². The molecule has 20 heavy (non-hydrogen) atoms. The number of amides is 1. The monoisotopic (exact) mass is 301 g/mol. The van der Waals surface area contributed by atoms with E-state index in [1.54, 1.807) is 18.2 Å². The summed E-state index contributed by atoms with van der Waals surface area (Å²) in [5.74, 6) is -2.72. The fraction of sp³-hybridized carbons (Fsp3) is 0.385. The molecule has 110 valence electrons. The standard InChI is InChI=1S/C13H16ClNO5/c1-8(13(17)18)12(16)15-10-5-3-4-9(14)11(10)20-7-6-19-2/h3-5,8H,6-7H2,1-2H3,(H,15,16)(H,17,18). The van der Waals surface area contributed by atoms with Crippen LogP contribution in [-0.4, -0.2) is 37.3 Å². The number of methoxy groups -OCH3 is 1. The molecule has 0 radical (unpaired) electrons. The molecule has 0 aliphatic rings. The van der Waals surface area contributed by atoms with E-state index in [-0.39, 0.29) is 12.4 Å². The van der Waals surface area contributed by atoms with Crippen LogP contribution in [0.15, 0.2) is 18.2 Å². The Labute approximate surface area is 121 Å². The molecular weight excluding hydrogens is 286 g/mol. The SMILES string of the molecule is COCCOc1c(Cl)cccc1NC(=O)C(C)C(=O)O. The largest absolute Gasteiger partial charge is 0.487 e. The molecule has 0 saturated heterocycles. The van der Waals surface area contributed by atoms with E-state index in [9.17, 15) is 9.59 Å². The van der Waals surface area contributed by atoms with Gasteiger partial charge in [0, 0.05) is 7.11 Å². The van der Waals surface area contributed by atoms with Crippen LogP contribution >= 0.6 is 11.6 Å². The molecule has 1 aromatic carbocycles. The minimum Gasteiger partial charge on any atom is -0.487 e. The van der Waals surface area contributed by atoms with Crippen LogP contribution < -0.4 is 10.1 Å². The quantitative estimate of drug-likeness (QED) is 0.594. The van der Waals surface area contributed by atoms with Crippen LogP contribution in [0.25, 0.3) is 0 Å². The van der Waals surface area contributed by atoms with Crippen LogP contribution in [0.5, 0.6) is 5.75 Å². The maximum atomic E-state index is 11.7. The van der Waals surface area contributed by atoms with Gasteiger partial charge in [0.15, 0.2) is 5.75 Å². The highest BCUT2D eigenvalue weighted by Crippen LogP contribution is 2.33. The molecule has 0 fully saturated rings. The molecule has 0 aliphatic carbocycles. The van der Waals surface area contributed by atoms with E-state index >= 15 is 0 Å². The van der Waals surface area contributed by atoms with Gasteiger partial charge in [-0.1, -0.05) is 17.7 Å². The van der Waals surface area contributed by atoms with E-state index < -0.39 is 17.8 Å². The lowest BCUT2D eigenvalue weighted by Crippen LogP contribution is -2.27. The van der Waals surface area contributed by atoms with Crippen molar-refractivity contribution in [3.63, 3.8) is 0 Å². The lowest BCUT2D eigenvalue weighted by Gasteiger charge is -2.14. The maximum Gasteiger partial charge on any atom is 0.315 e. The second kappa shape index (κ2) is 7.72. The molecule has 0 saturated carbocycles. The van der Waals surface area contributed by atoms with Crippen molar-refractivity contribution >= 4 is 29.2 Å². The first kappa shape index (κ1) is 16.3. The smallest absolute Gasteiger partial charge is 0.315 e. The van der Waals surface area contributed by atoms with Gasteiger partial charge in [-0.05, 0) is 19.1 Å². The van der Waals surface area contributed by atoms with Crippen molar-refractivity contribution in [3.05, 3.63) is 23.2 Å². The Balaban J connectivity index is 2.86. The third-order valence-electron chi connectivity index (χ3n) is 2.52. The molecule has 1 amide bonds. The zero-order valence-corrected chi connectivity index (χ0v) is 11.9. The highest BCUT2D eigenvalue weighted by atomic mass is 35.5. The van der Waals surface area contributed by atoms with Gasteiger partial charge in [0.25, 0.3) is 0 Å². The molecule has 7 heteroatoms. The fourth-order valence-corrected chi connectivity index (χ4v) is 1.56. The van der Waals surface area contributed by atoms with Crippen LogP contribution in [0.1, 0.15) is 6.92 Å². The van der Waals surface area contributed by atoms with Crippen molar-refractivity contribution < 1.29 is 24.2 Å². The number of ether oxygens (including phenoxy) is 2. The van der Waals surface area contributed by atoms with Gasteiger partial charge in [0.2, 0.25) is 5.91 Å². The van der Waals surface area contributed by atoms with Crippen LogP contribution in [-0.2, 0) is 14.3 Å². The molecule has 0 aliphatic heterocycles. The molecule has 0 heterocycles. The number of carboxylic acid groups (broad SMARTS) is 1. The van der Waals surface area contributed by atoms with Crippen LogP contribution in [0, 0.1) is 5.92 Å². The molecule has 0 aromatic heterocycles. The second-order valence-electron chi connectivity index (χ2n) is 4.01. The number of carbonyl (C=O) groups excluding carboxylic acids is 1. The average Bonchev–Trinajstić information content (AvgIpc) is 2.40. The van der Waals surface area contributed by atoms with Crippen LogP contribution in [0.4, 0.5) is 5.69 Å². The predicted octanol–water partition coefficient (Wildman–Crippen LogP) is 2.02. The van der Waals surface area contributed by atoms with E-state index in [0.717, 1.165) is 0 Å². The number of benzene rings is 1. The number of carbonyl (C=O) groups is 2. The van der Waals surface area contributed by atoms with Crippen molar-refractivity contribution in [1.82, 2.24) is 0 Å². The topological polar surface area (TPSA) is 84.9 Å². The summed E-state index contributed by atoms with van der Waals surface area (Å²) in [7, 11) is 1.53. The summed E-state index contributed by atoms with van der Waals surface area (Å²) in [6.45, 7) is 1.93. The van der Waals surface area contributed by atoms with Gasteiger partial charge in [-0.2, -0.15) is 0 Å². The fourth-order valence-electron chi connectivity index (χ4n) is 1.33. The number of para-hydroxylation sites is 1. The maximum absolute atomic E-state index is 11.7. The van der Waals surface area contributed by atoms with E-state index in [2.05, 4.69) is 5.32 Å². The van der Waals surface area contributed by atoms with E-state index in [1.165, 1.54) is 14.0 Å². The Morgan fingerprint density at radius 3 is 2.70 bits per heavy atom. The molecule has 2 N–H and O–H groups in total. The zero-order valence-electron chi connectivity index (χ0n) is 11.2. The van der Waals surface area contributed by atoms with Gasteiger partial charge in [0.1, 0.15) is 12.5 Å². The number of nitrogens with one attached hydrogen (secondary N) is 1. The Morgan fingerprint density at radius 2 is 2.10 bits per heavy atom. The van der Waals surface area contributed by atoms with Gasteiger partial charge in [0.05, 0.1) is 17.3 Å². The molecular formula is C13H16ClNO5. The molecule has 6 nitrogen and oxygen atoms in total. The Morgan fingerprint density at radius 1 is 1.40 bits per heavy atom. The zero-order chi connectivity index (χ0) is 15.1.